The van der Waals surface area contributed by atoms with Crippen molar-refractivity contribution in [3.63, 3.8) is 0 Å². The van der Waals surface area contributed by atoms with E-state index in [9.17, 15) is 5.11 Å². The summed E-state index contributed by atoms with van der Waals surface area (Å²) < 4.78 is 5.85. The van der Waals surface area contributed by atoms with Crippen molar-refractivity contribution < 1.29 is 9.84 Å². The van der Waals surface area contributed by atoms with Crippen LogP contribution in [0.5, 0.6) is 11.5 Å². The Kier molecular flexibility index (Phi) is 4.21. The van der Waals surface area contributed by atoms with E-state index in [1.165, 1.54) is 13.4 Å². The maximum absolute atomic E-state index is 9.75. The lowest BCUT2D eigenvalue weighted by Crippen LogP contribution is -2.18. The average Bonchev–Trinajstić information content (AvgIpc) is 2.39. The van der Waals surface area contributed by atoms with Gasteiger partial charge in [-0.3, -0.25) is 0 Å². The zero-order valence-electron chi connectivity index (χ0n) is 10.7. The van der Waals surface area contributed by atoms with Crippen molar-refractivity contribution in [3.8, 4) is 11.5 Å². The fourth-order valence-electron chi connectivity index (χ4n) is 1.77. The predicted octanol–water partition coefficient (Wildman–Crippen LogP) is 2.59. The molecule has 0 spiro atoms. The van der Waals surface area contributed by atoms with Gasteiger partial charge in [0.25, 0.3) is 0 Å². The van der Waals surface area contributed by atoms with Gasteiger partial charge in [0, 0.05) is 19.8 Å². The Morgan fingerprint density at radius 3 is 2.84 bits per heavy atom. The second-order valence-electron chi connectivity index (χ2n) is 4.06. The first kappa shape index (κ1) is 13.6. The number of phenolic OH excluding ortho intramolecular Hbond substituents is 1. The lowest BCUT2D eigenvalue weighted by atomic mass is 10.2. The monoisotopic (exact) mass is 323 g/mol. The van der Waals surface area contributed by atoms with Crippen LogP contribution in [0.4, 0.5) is 5.82 Å². The molecule has 0 amide bonds. The number of nitrogens with zero attached hydrogens (tertiary/aromatic N) is 3. The first-order valence-corrected chi connectivity index (χ1v) is 6.43. The summed E-state index contributed by atoms with van der Waals surface area (Å²) in [5.41, 5.74) is 0.964. The van der Waals surface area contributed by atoms with Crippen LogP contribution in [-0.2, 0) is 6.54 Å². The van der Waals surface area contributed by atoms with E-state index in [1.54, 1.807) is 18.3 Å². The molecule has 0 atom stereocenters. The van der Waals surface area contributed by atoms with Crippen molar-refractivity contribution in [2.75, 3.05) is 19.1 Å². The first-order chi connectivity index (χ1) is 9.11. The number of rotatable bonds is 4. The van der Waals surface area contributed by atoms with Crippen LogP contribution in [0, 0.1) is 0 Å². The fourth-order valence-corrected chi connectivity index (χ4v) is 2.29. The van der Waals surface area contributed by atoms with Crippen molar-refractivity contribution in [2.24, 2.45) is 0 Å². The summed E-state index contributed by atoms with van der Waals surface area (Å²) in [6.07, 6.45) is 3.20. The fraction of sp³-hybridized carbons (Fsp3) is 0.231. The summed E-state index contributed by atoms with van der Waals surface area (Å²) in [5.74, 6) is 1.40. The van der Waals surface area contributed by atoms with Gasteiger partial charge in [0.2, 0.25) is 0 Å². The molecule has 5 nitrogen and oxygen atoms in total. The topological polar surface area (TPSA) is 58.5 Å². The number of hydrogen-bond donors (Lipinski definition) is 1. The van der Waals surface area contributed by atoms with Gasteiger partial charge in [-0.25, -0.2) is 9.97 Å². The van der Waals surface area contributed by atoms with Crippen LogP contribution in [0.25, 0.3) is 0 Å². The smallest absolute Gasteiger partial charge is 0.160 e. The lowest BCUT2D eigenvalue weighted by Gasteiger charge is -2.19. The minimum atomic E-state index is 0.134. The zero-order chi connectivity index (χ0) is 13.8. The largest absolute Gasteiger partial charge is 0.504 e. The standard InChI is InChI=1S/C13H14BrN3O2/c1-17(13-10(14)6-15-8-16-13)7-9-3-4-12(19-2)11(18)5-9/h3-6,8,18H,7H2,1-2H3. The second-order valence-corrected chi connectivity index (χ2v) is 4.91. The van der Waals surface area contributed by atoms with Gasteiger partial charge in [0.1, 0.15) is 12.1 Å². The third-order valence-corrected chi connectivity index (χ3v) is 3.23. The first-order valence-electron chi connectivity index (χ1n) is 5.64. The highest BCUT2D eigenvalue weighted by Gasteiger charge is 2.09. The van der Waals surface area contributed by atoms with Gasteiger partial charge in [0.05, 0.1) is 11.6 Å². The van der Waals surface area contributed by atoms with Crippen LogP contribution in [0.2, 0.25) is 0 Å². The molecule has 1 N–H and O–H groups in total. The van der Waals surface area contributed by atoms with E-state index in [0.717, 1.165) is 15.9 Å². The molecule has 1 aromatic heterocycles. The number of methoxy groups -OCH3 is 1. The molecule has 1 heterocycles. The summed E-state index contributed by atoms with van der Waals surface area (Å²) in [6, 6.07) is 5.34. The Bertz CT molecular complexity index is 578. The summed E-state index contributed by atoms with van der Waals surface area (Å²) in [6.45, 7) is 0.618. The van der Waals surface area contributed by atoms with Crippen LogP contribution in [0.15, 0.2) is 35.2 Å². The van der Waals surface area contributed by atoms with Crippen molar-refractivity contribution in [1.29, 1.82) is 0 Å². The molecule has 2 rings (SSSR count). The molecule has 0 saturated heterocycles. The van der Waals surface area contributed by atoms with Gasteiger partial charge in [-0.1, -0.05) is 6.07 Å². The summed E-state index contributed by atoms with van der Waals surface area (Å²) in [5, 5.41) is 9.75. The van der Waals surface area contributed by atoms with E-state index in [1.807, 2.05) is 18.0 Å². The molecule has 0 unspecified atom stereocenters. The molecule has 0 aliphatic carbocycles. The Morgan fingerprint density at radius 1 is 1.42 bits per heavy atom. The van der Waals surface area contributed by atoms with E-state index in [2.05, 4.69) is 25.9 Å². The molecule has 6 heteroatoms. The number of benzene rings is 1. The van der Waals surface area contributed by atoms with Crippen molar-refractivity contribution in [2.45, 2.75) is 6.54 Å². The van der Waals surface area contributed by atoms with Gasteiger partial charge in [-0.2, -0.15) is 0 Å². The molecule has 19 heavy (non-hydrogen) atoms. The summed E-state index contributed by atoms with van der Waals surface area (Å²) in [4.78, 5) is 10.1. The highest BCUT2D eigenvalue weighted by molar-refractivity contribution is 9.10. The normalized spacial score (nSPS) is 10.3. The van der Waals surface area contributed by atoms with Gasteiger partial charge in [0.15, 0.2) is 11.5 Å². The summed E-state index contributed by atoms with van der Waals surface area (Å²) in [7, 11) is 3.45. The quantitative estimate of drug-likeness (QED) is 0.937. The van der Waals surface area contributed by atoms with E-state index < -0.39 is 0 Å². The highest BCUT2D eigenvalue weighted by Crippen LogP contribution is 2.28. The van der Waals surface area contributed by atoms with Gasteiger partial charge >= 0.3 is 0 Å². The third-order valence-electron chi connectivity index (χ3n) is 2.67. The number of anilines is 1. The predicted molar refractivity (Wildman–Crippen MR) is 76.5 cm³/mol. The molecule has 1 aromatic carbocycles. The maximum atomic E-state index is 9.75. The third kappa shape index (κ3) is 3.14. The molecule has 0 bridgehead atoms. The SMILES string of the molecule is COc1ccc(CN(C)c2ncncc2Br)cc1O. The van der Waals surface area contributed by atoms with Crippen LogP contribution in [0.3, 0.4) is 0 Å². The Labute approximate surface area is 120 Å². The van der Waals surface area contributed by atoms with Crippen LogP contribution < -0.4 is 9.64 Å². The van der Waals surface area contributed by atoms with Crippen LogP contribution >= 0.6 is 15.9 Å². The molecular formula is C13H14BrN3O2. The number of ether oxygens (including phenoxy) is 1. The van der Waals surface area contributed by atoms with Crippen molar-refractivity contribution in [1.82, 2.24) is 9.97 Å². The number of phenols is 1. The molecule has 0 radical (unpaired) electrons. The highest BCUT2D eigenvalue weighted by atomic mass is 79.9. The molecule has 0 aliphatic rings. The molecule has 0 aliphatic heterocycles. The van der Waals surface area contributed by atoms with E-state index in [0.29, 0.717) is 12.3 Å². The molecule has 0 saturated carbocycles. The number of hydrogen-bond acceptors (Lipinski definition) is 5. The molecule has 100 valence electrons. The second kappa shape index (κ2) is 5.88. The Morgan fingerprint density at radius 2 is 2.21 bits per heavy atom. The molecule has 0 fully saturated rings. The number of aromatic nitrogens is 2. The minimum Gasteiger partial charge on any atom is -0.504 e. The van der Waals surface area contributed by atoms with Gasteiger partial charge in [-0.15, -0.1) is 0 Å². The summed E-state index contributed by atoms with van der Waals surface area (Å²) >= 11 is 3.41. The van der Waals surface area contributed by atoms with Crippen LogP contribution in [0.1, 0.15) is 5.56 Å². The number of halogens is 1. The minimum absolute atomic E-state index is 0.134. The zero-order valence-corrected chi connectivity index (χ0v) is 12.3. The lowest BCUT2D eigenvalue weighted by molar-refractivity contribution is 0.373. The Balaban J connectivity index is 2.17. The molecule has 2 aromatic rings. The van der Waals surface area contributed by atoms with Crippen molar-refractivity contribution >= 4 is 21.7 Å². The van der Waals surface area contributed by atoms with Crippen LogP contribution in [-0.4, -0.2) is 29.2 Å². The van der Waals surface area contributed by atoms with Gasteiger partial charge in [-0.05, 0) is 33.6 Å². The van der Waals surface area contributed by atoms with Crippen molar-refractivity contribution in [3.05, 3.63) is 40.8 Å². The van der Waals surface area contributed by atoms with E-state index in [4.69, 9.17) is 4.74 Å². The maximum Gasteiger partial charge on any atom is 0.160 e. The number of aromatic hydroxyl groups is 1. The Hall–Kier alpha value is -1.82. The van der Waals surface area contributed by atoms with E-state index >= 15 is 0 Å². The van der Waals surface area contributed by atoms with E-state index in [-0.39, 0.29) is 5.75 Å². The molecular weight excluding hydrogens is 310 g/mol. The average molecular weight is 324 g/mol. The van der Waals surface area contributed by atoms with Gasteiger partial charge < -0.3 is 14.7 Å².